The van der Waals surface area contributed by atoms with Crippen molar-refractivity contribution in [3.05, 3.63) is 6.92 Å². The predicted molar refractivity (Wildman–Crippen MR) is 57.0 cm³/mol. The zero-order valence-electron chi connectivity index (χ0n) is 9.48. The van der Waals surface area contributed by atoms with Gasteiger partial charge in [0.1, 0.15) is 0 Å². The molecule has 0 bridgehead atoms. The van der Waals surface area contributed by atoms with Gasteiger partial charge in [-0.2, -0.15) is 0 Å². The van der Waals surface area contributed by atoms with E-state index in [0.29, 0.717) is 5.41 Å². The maximum atomic E-state index is 3.99. The van der Waals surface area contributed by atoms with Crippen molar-refractivity contribution in [1.82, 2.24) is 0 Å². The monoisotopic (exact) mass is 169 g/mol. The summed E-state index contributed by atoms with van der Waals surface area (Å²) >= 11 is 0. The van der Waals surface area contributed by atoms with Crippen LogP contribution in [0.2, 0.25) is 0 Å². The smallest absolute Gasteiger partial charge is 0.0326 e. The number of rotatable bonds is 5. The molecule has 0 heteroatoms. The molecule has 0 N–H and O–H groups in total. The van der Waals surface area contributed by atoms with E-state index in [9.17, 15) is 0 Å². The molecule has 0 aliphatic rings. The molecule has 0 aromatic carbocycles. The average molecular weight is 169 g/mol. The summed E-state index contributed by atoms with van der Waals surface area (Å²) in [6, 6.07) is 0. The molecule has 0 saturated carbocycles. The van der Waals surface area contributed by atoms with Gasteiger partial charge in [0.15, 0.2) is 0 Å². The van der Waals surface area contributed by atoms with Crippen LogP contribution in [-0.4, -0.2) is 0 Å². The molecule has 73 valence electrons. The van der Waals surface area contributed by atoms with Gasteiger partial charge in [-0.15, -0.1) is 0 Å². The molecule has 0 spiro atoms. The number of hydrogen-bond acceptors (Lipinski definition) is 0. The highest BCUT2D eigenvalue weighted by Gasteiger charge is 2.25. The zero-order chi connectivity index (χ0) is 9.78. The molecule has 0 aromatic heterocycles. The van der Waals surface area contributed by atoms with Gasteiger partial charge in [-0.05, 0) is 23.7 Å². The molecule has 2 unspecified atom stereocenters. The van der Waals surface area contributed by atoms with E-state index in [1.54, 1.807) is 0 Å². The predicted octanol–water partition coefficient (Wildman–Crippen LogP) is 4.31. The first-order valence-electron chi connectivity index (χ1n) is 5.23. The van der Waals surface area contributed by atoms with Crippen molar-refractivity contribution in [3.63, 3.8) is 0 Å². The first kappa shape index (κ1) is 12.0. The minimum Gasteiger partial charge on any atom is -0.0651 e. The lowest BCUT2D eigenvalue weighted by Crippen LogP contribution is -2.23. The van der Waals surface area contributed by atoms with E-state index in [0.717, 1.165) is 18.3 Å². The summed E-state index contributed by atoms with van der Waals surface area (Å²) in [5, 5.41) is 0. The van der Waals surface area contributed by atoms with Crippen molar-refractivity contribution in [2.45, 2.75) is 53.9 Å². The summed E-state index contributed by atoms with van der Waals surface area (Å²) in [5.41, 5.74) is 0.469. The summed E-state index contributed by atoms with van der Waals surface area (Å²) < 4.78 is 0. The van der Waals surface area contributed by atoms with E-state index in [1.165, 1.54) is 12.8 Å². The second-order valence-electron chi connectivity index (χ2n) is 4.90. The van der Waals surface area contributed by atoms with Gasteiger partial charge in [0, 0.05) is 0 Å². The Morgan fingerprint density at radius 2 is 1.75 bits per heavy atom. The maximum absolute atomic E-state index is 3.99. The SMILES string of the molecule is [CH2]CC(C)C(C)(C)CC(C)CC. The van der Waals surface area contributed by atoms with Crippen LogP contribution in [0.3, 0.4) is 0 Å². The van der Waals surface area contributed by atoms with Crippen LogP contribution in [0.25, 0.3) is 0 Å². The third kappa shape index (κ3) is 3.60. The topological polar surface area (TPSA) is 0 Å². The normalized spacial score (nSPS) is 17.5. The van der Waals surface area contributed by atoms with Crippen LogP contribution in [0, 0.1) is 24.2 Å². The Hall–Kier alpha value is 0. The zero-order valence-corrected chi connectivity index (χ0v) is 9.48. The minimum absolute atomic E-state index is 0.469. The fourth-order valence-corrected chi connectivity index (χ4v) is 1.63. The molecule has 0 rings (SSSR count). The van der Waals surface area contributed by atoms with Gasteiger partial charge in [0.05, 0.1) is 0 Å². The average Bonchev–Trinajstić information content (AvgIpc) is 2.02. The Balaban J connectivity index is 4.02. The molecule has 2 atom stereocenters. The van der Waals surface area contributed by atoms with E-state index >= 15 is 0 Å². The van der Waals surface area contributed by atoms with Crippen molar-refractivity contribution in [2.75, 3.05) is 0 Å². The fraction of sp³-hybridized carbons (Fsp3) is 0.917. The molecule has 0 heterocycles. The van der Waals surface area contributed by atoms with Crippen molar-refractivity contribution in [3.8, 4) is 0 Å². The second-order valence-corrected chi connectivity index (χ2v) is 4.90. The molecular weight excluding hydrogens is 144 g/mol. The Kier molecular flexibility index (Phi) is 4.89. The Morgan fingerprint density at radius 1 is 1.25 bits per heavy atom. The molecule has 0 amide bonds. The summed E-state index contributed by atoms with van der Waals surface area (Å²) in [4.78, 5) is 0. The fourth-order valence-electron chi connectivity index (χ4n) is 1.63. The van der Waals surface area contributed by atoms with Gasteiger partial charge in [0.2, 0.25) is 0 Å². The first-order valence-corrected chi connectivity index (χ1v) is 5.23. The summed E-state index contributed by atoms with van der Waals surface area (Å²) in [7, 11) is 0. The van der Waals surface area contributed by atoms with Gasteiger partial charge in [0.25, 0.3) is 0 Å². The van der Waals surface area contributed by atoms with Gasteiger partial charge in [-0.25, -0.2) is 0 Å². The Labute approximate surface area is 78.8 Å². The van der Waals surface area contributed by atoms with Crippen LogP contribution >= 0.6 is 0 Å². The van der Waals surface area contributed by atoms with Crippen LogP contribution in [0.1, 0.15) is 53.9 Å². The van der Waals surface area contributed by atoms with E-state index < -0.39 is 0 Å². The molecule has 0 aliphatic heterocycles. The lowest BCUT2D eigenvalue weighted by molar-refractivity contribution is 0.178. The van der Waals surface area contributed by atoms with Crippen molar-refractivity contribution in [1.29, 1.82) is 0 Å². The van der Waals surface area contributed by atoms with Gasteiger partial charge >= 0.3 is 0 Å². The van der Waals surface area contributed by atoms with Gasteiger partial charge in [-0.1, -0.05) is 54.4 Å². The second kappa shape index (κ2) is 4.89. The number of hydrogen-bond donors (Lipinski definition) is 0. The van der Waals surface area contributed by atoms with Crippen LogP contribution < -0.4 is 0 Å². The lowest BCUT2D eigenvalue weighted by atomic mass is 9.72. The van der Waals surface area contributed by atoms with Gasteiger partial charge in [-0.3, -0.25) is 0 Å². The highest BCUT2D eigenvalue weighted by molar-refractivity contribution is 4.77. The summed E-state index contributed by atoms with van der Waals surface area (Å²) in [6.07, 6.45) is 3.69. The standard InChI is InChI=1S/C12H25/c1-7-10(3)9-12(5,6)11(4)8-2/h10-11H,2,7-9H2,1,3-6H3. The summed E-state index contributed by atoms with van der Waals surface area (Å²) in [5.74, 6) is 1.60. The van der Waals surface area contributed by atoms with E-state index in [-0.39, 0.29) is 0 Å². The largest absolute Gasteiger partial charge is 0.0651 e. The quantitative estimate of drug-likeness (QED) is 0.575. The van der Waals surface area contributed by atoms with Crippen molar-refractivity contribution < 1.29 is 0 Å². The minimum atomic E-state index is 0.469. The highest BCUT2D eigenvalue weighted by atomic mass is 14.3. The summed E-state index contributed by atoms with van der Waals surface area (Å²) in [6.45, 7) is 15.7. The van der Waals surface area contributed by atoms with Crippen molar-refractivity contribution >= 4 is 0 Å². The maximum Gasteiger partial charge on any atom is -0.0326 e. The van der Waals surface area contributed by atoms with Crippen LogP contribution in [-0.2, 0) is 0 Å². The molecule has 0 aromatic rings. The lowest BCUT2D eigenvalue weighted by Gasteiger charge is -2.33. The van der Waals surface area contributed by atoms with Crippen molar-refractivity contribution in [2.24, 2.45) is 17.3 Å². The molecule has 1 radical (unpaired) electrons. The van der Waals surface area contributed by atoms with Gasteiger partial charge < -0.3 is 0 Å². The van der Waals surface area contributed by atoms with Crippen LogP contribution in [0.5, 0.6) is 0 Å². The molecule has 0 nitrogen and oxygen atoms in total. The molecule has 0 saturated heterocycles. The van der Waals surface area contributed by atoms with E-state index in [2.05, 4.69) is 41.5 Å². The Morgan fingerprint density at radius 3 is 2.08 bits per heavy atom. The van der Waals surface area contributed by atoms with E-state index in [1.807, 2.05) is 0 Å². The van der Waals surface area contributed by atoms with E-state index in [4.69, 9.17) is 0 Å². The molecule has 12 heavy (non-hydrogen) atoms. The first-order chi connectivity index (χ1) is 5.44. The Bertz CT molecular complexity index is 113. The van der Waals surface area contributed by atoms with Crippen LogP contribution in [0.4, 0.5) is 0 Å². The third-order valence-electron chi connectivity index (χ3n) is 3.34. The molecule has 0 fully saturated rings. The molecule has 0 aliphatic carbocycles. The highest BCUT2D eigenvalue weighted by Crippen LogP contribution is 2.36. The third-order valence-corrected chi connectivity index (χ3v) is 3.34. The molecular formula is C12H25. The van der Waals surface area contributed by atoms with Crippen LogP contribution in [0.15, 0.2) is 0 Å².